The first-order valence-electron chi connectivity index (χ1n) is 1.32. The summed E-state index contributed by atoms with van der Waals surface area (Å²) in [5.41, 5.74) is 0. The number of hydrogen-bond acceptors (Lipinski definition) is 2. The van der Waals surface area contributed by atoms with E-state index in [1.807, 2.05) is 0 Å². The molecule has 0 bridgehead atoms. The molecule has 0 aromatic carbocycles. The first-order valence-corrected chi connectivity index (χ1v) is 1.89. The fourth-order valence-corrected chi connectivity index (χ4v) is 0. The first-order chi connectivity index (χ1) is 2.91. The Balaban J connectivity index is -0.0000000183. The molecular formula is C3H8Cl2O2V. The van der Waals surface area contributed by atoms with Crippen LogP contribution in [0.3, 0.4) is 0 Å². The van der Waals surface area contributed by atoms with Crippen molar-refractivity contribution in [1.82, 2.24) is 0 Å². The molecule has 0 spiro atoms. The van der Waals surface area contributed by atoms with Crippen LogP contribution < -0.4 is 0 Å². The van der Waals surface area contributed by atoms with Gasteiger partial charge in [-0.1, -0.05) is 6.08 Å². The van der Waals surface area contributed by atoms with Crippen LogP contribution in [0.15, 0.2) is 12.7 Å². The summed E-state index contributed by atoms with van der Waals surface area (Å²) in [6.07, 6.45) is 1.43. The van der Waals surface area contributed by atoms with E-state index in [1.165, 1.54) is 6.08 Å². The van der Waals surface area contributed by atoms with Crippen LogP contribution in [0.4, 0.5) is 0 Å². The standard InChI is InChI=1S/C3H6O.2ClH.O.V/c1-2-3-4;;;;/h2,4H,1,3H2;2*1H;;. The Morgan fingerprint density at radius 1 is 1.50 bits per heavy atom. The summed E-state index contributed by atoms with van der Waals surface area (Å²) in [4.78, 5) is 0. The molecule has 0 aliphatic rings. The van der Waals surface area contributed by atoms with E-state index in [0.717, 1.165) is 17.4 Å². The van der Waals surface area contributed by atoms with Gasteiger partial charge in [-0.3, -0.25) is 0 Å². The second-order valence-electron chi connectivity index (χ2n) is 0.471. The molecule has 8 heavy (non-hydrogen) atoms. The molecule has 0 saturated carbocycles. The van der Waals surface area contributed by atoms with Crippen molar-refractivity contribution < 1.29 is 26.1 Å². The molecule has 0 unspecified atom stereocenters. The third-order valence-electron chi connectivity index (χ3n) is 0.129. The van der Waals surface area contributed by atoms with E-state index in [4.69, 9.17) is 8.78 Å². The summed E-state index contributed by atoms with van der Waals surface area (Å²) in [5.74, 6) is 0. The molecule has 51 valence electrons. The summed E-state index contributed by atoms with van der Waals surface area (Å²) in [5, 5.41) is 7.76. The Labute approximate surface area is 70.4 Å². The molecule has 0 heterocycles. The van der Waals surface area contributed by atoms with Gasteiger partial charge in [-0.25, -0.2) is 0 Å². The fraction of sp³-hybridized carbons (Fsp3) is 0.333. The average Bonchev–Trinajstić information content (AvgIpc) is 1.72. The van der Waals surface area contributed by atoms with Crippen molar-refractivity contribution in [3.63, 3.8) is 0 Å². The molecule has 2 nitrogen and oxygen atoms in total. The van der Waals surface area contributed by atoms with Crippen LogP contribution in [0.25, 0.3) is 0 Å². The number of aliphatic hydroxyl groups is 1. The molecule has 0 aliphatic carbocycles. The van der Waals surface area contributed by atoms with Crippen molar-refractivity contribution in [1.29, 1.82) is 0 Å². The van der Waals surface area contributed by atoms with Crippen molar-refractivity contribution in [3.8, 4) is 0 Å². The zero-order valence-electron chi connectivity index (χ0n) is 4.11. The third-order valence-corrected chi connectivity index (χ3v) is 0.129. The van der Waals surface area contributed by atoms with Gasteiger partial charge in [-0.15, -0.1) is 31.4 Å². The van der Waals surface area contributed by atoms with Gasteiger partial charge in [0, 0.05) is 0 Å². The van der Waals surface area contributed by atoms with Crippen molar-refractivity contribution in [3.05, 3.63) is 12.7 Å². The summed E-state index contributed by atoms with van der Waals surface area (Å²) < 4.78 is 8.19. The maximum atomic E-state index is 8.19. The Hall–Kier alpha value is 0.664. The first kappa shape index (κ1) is 23.4. The van der Waals surface area contributed by atoms with Crippen LogP contribution >= 0.6 is 24.8 Å². The number of rotatable bonds is 1. The van der Waals surface area contributed by atoms with Crippen LogP contribution in [0.2, 0.25) is 0 Å². The topological polar surface area (TPSA) is 37.3 Å². The molecule has 0 saturated heterocycles. The second kappa shape index (κ2) is 48.0. The van der Waals surface area contributed by atoms with Crippen LogP contribution in [0, 0.1) is 0 Å². The van der Waals surface area contributed by atoms with E-state index in [0.29, 0.717) is 0 Å². The minimum atomic E-state index is 0. The van der Waals surface area contributed by atoms with E-state index in [-0.39, 0.29) is 31.4 Å². The average molecular weight is 198 g/mol. The molecule has 0 radical (unpaired) electrons. The normalized spacial score (nSPS) is 3.50. The van der Waals surface area contributed by atoms with Gasteiger partial charge in [-0.05, 0) is 0 Å². The Kier molecular flexibility index (Phi) is 140. The molecule has 0 aliphatic heterocycles. The van der Waals surface area contributed by atoms with Gasteiger partial charge in [0.25, 0.3) is 0 Å². The van der Waals surface area contributed by atoms with Gasteiger partial charge < -0.3 is 5.11 Å². The molecule has 0 aromatic rings. The number of halogens is 2. The Bertz CT molecular complexity index is 36.5. The van der Waals surface area contributed by atoms with Crippen molar-refractivity contribution >= 4 is 24.8 Å². The molecule has 1 N–H and O–H groups in total. The van der Waals surface area contributed by atoms with E-state index >= 15 is 0 Å². The van der Waals surface area contributed by atoms with Crippen LogP contribution in [0.1, 0.15) is 0 Å². The molecule has 0 rings (SSSR count). The number of hydrogen-bond donors (Lipinski definition) is 1. The van der Waals surface area contributed by atoms with Crippen LogP contribution in [-0.2, 0) is 21.0 Å². The van der Waals surface area contributed by atoms with E-state index < -0.39 is 0 Å². The second-order valence-corrected chi connectivity index (χ2v) is 0.471. The minimum absolute atomic E-state index is 0. The zero-order valence-corrected chi connectivity index (χ0v) is 7.14. The van der Waals surface area contributed by atoms with Gasteiger partial charge in [0.2, 0.25) is 0 Å². The monoisotopic (exact) mass is 197 g/mol. The van der Waals surface area contributed by atoms with E-state index in [1.54, 1.807) is 0 Å². The van der Waals surface area contributed by atoms with Gasteiger partial charge in [0.15, 0.2) is 0 Å². The van der Waals surface area contributed by atoms with Crippen molar-refractivity contribution in [2.45, 2.75) is 0 Å². The maximum absolute atomic E-state index is 8.19. The Morgan fingerprint density at radius 3 is 1.62 bits per heavy atom. The summed E-state index contributed by atoms with van der Waals surface area (Å²) in [7, 11) is 0. The van der Waals surface area contributed by atoms with Gasteiger partial charge >= 0.3 is 21.0 Å². The zero-order chi connectivity index (χ0) is 5.41. The van der Waals surface area contributed by atoms with Gasteiger partial charge in [0.1, 0.15) is 0 Å². The van der Waals surface area contributed by atoms with Crippen molar-refractivity contribution in [2.75, 3.05) is 6.61 Å². The molecule has 0 fully saturated rings. The Morgan fingerprint density at radius 2 is 1.62 bits per heavy atom. The third kappa shape index (κ3) is 77.2. The predicted octanol–water partition coefficient (Wildman–Crippen LogP) is 0.887. The van der Waals surface area contributed by atoms with E-state index in [2.05, 4.69) is 6.58 Å². The van der Waals surface area contributed by atoms with Gasteiger partial charge in [0.05, 0.1) is 6.61 Å². The SMILES string of the molecule is C=CCO.Cl.Cl.[O]=[V]. The molecule has 0 amide bonds. The predicted molar refractivity (Wildman–Crippen MR) is 32.5 cm³/mol. The van der Waals surface area contributed by atoms with Gasteiger partial charge in [-0.2, -0.15) is 0 Å². The molecule has 0 atom stereocenters. The summed E-state index contributed by atoms with van der Waals surface area (Å²) >= 11 is 1.06. The summed E-state index contributed by atoms with van der Waals surface area (Å²) in [6, 6.07) is 0. The van der Waals surface area contributed by atoms with Crippen LogP contribution in [0.5, 0.6) is 0 Å². The van der Waals surface area contributed by atoms with Crippen LogP contribution in [-0.4, -0.2) is 11.7 Å². The quantitative estimate of drug-likeness (QED) is 0.635. The number of aliphatic hydroxyl groups excluding tert-OH is 1. The molecule has 5 heteroatoms. The molecule has 0 aromatic heterocycles. The van der Waals surface area contributed by atoms with E-state index in [9.17, 15) is 0 Å². The van der Waals surface area contributed by atoms with Crippen molar-refractivity contribution in [2.24, 2.45) is 0 Å². The summed E-state index contributed by atoms with van der Waals surface area (Å²) in [6.45, 7) is 3.31. The fourth-order valence-electron chi connectivity index (χ4n) is 0. The molecular weight excluding hydrogens is 190 g/mol.